The Morgan fingerprint density at radius 3 is 2.40 bits per heavy atom. The Kier molecular flexibility index (Phi) is 4.67. The normalized spacial score (nSPS) is 27.5. The highest BCUT2D eigenvalue weighted by atomic mass is 32.2. The van der Waals surface area contributed by atoms with Gasteiger partial charge in [0.15, 0.2) is 0 Å². The molecule has 0 N–H and O–H groups in total. The van der Waals surface area contributed by atoms with Crippen LogP contribution in [0.15, 0.2) is 24.3 Å². The molecular formula is C20H30N2O2S. The maximum atomic E-state index is 12.2. The molecule has 3 aliphatic rings. The molecule has 1 aliphatic carbocycles. The van der Waals surface area contributed by atoms with Crippen molar-refractivity contribution in [1.82, 2.24) is 9.21 Å². The monoisotopic (exact) mass is 362 g/mol. The molecule has 0 unspecified atom stereocenters. The van der Waals surface area contributed by atoms with Gasteiger partial charge in [0.25, 0.3) is 0 Å². The van der Waals surface area contributed by atoms with E-state index in [9.17, 15) is 8.42 Å². The van der Waals surface area contributed by atoms with Crippen LogP contribution in [0.25, 0.3) is 0 Å². The van der Waals surface area contributed by atoms with E-state index in [0.29, 0.717) is 19.1 Å². The van der Waals surface area contributed by atoms with E-state index in [1.807, 2.05) is 0 Å². The molecule has 1 spiro atoms. The van der Waals surface area contributed by atoms with Gasteiger partial charge in [0, 0.05) is 19.1 Å². The van der Waals surface area contributed by atoms with E-state index in [1.54, 1.807) is 11.2 Å². The third kappa shape index (κ3) is 3.04. The summed E-state index contributed by atoms with van der Waals surface area (Å²) in [5.41, 5.74) is 3.21. The van der Waals surface area contributed by atoms with E-state index in [0.717, 1.165) is 12.8 Å². The molecule has 0 bridgehead atoms. The van der Waals surface area contributed by atoms with Gasteiger partial charge in [-0.15, -0.1) is 0 Å². The van der Waals surface area contributed by atoms with Gasteiger partial charge in [-0.05, 0) is 75.1 Å². The standard InChI is InChI=1S/C20H30N2O2S/c1-2-25(23,24)22-15-11-20(12-16-22)10-9-19(21-13-5-6-14-21)17-7-3-4-8-18(17)20/h3-4,7-8,19H,2,5-6,9-16H2,1H3/t19-/m0/s1. The van der Waals surface area contributed by atoms with Crippen LogP contribution >= 0.6 is 0 Å². The van der Waals surface area contributed by atoms with Crippen LogP contribution in [0.4, 0.5) is 0 Å². The second-order valence-corrected chi connectivity index (χ2v) is 10.2. The maximum absolute atomic E-state index is 12.2. The lowest BCUT2D eigenvalue weighted by Gasteiger charge is -2.48. The van der Waals surface area contributed by atoms with Crippen molar-refractivity contribution >= 4 is 10.0 Å². The minimum absolute atomic E-state index is 0.187. The van der Waals surface area contributed by atoms with E-state index in [2.05, 4.69) is 29.2 Å². The summed E-state index contributed by atoms with van der Waals surface area (Å²) in [4.78, 5) is 2.67. The van der Waals surface area contributed by atoms with Crippen molar-refractivity contribution < 1.29 is 8.42 Å². The van der Waals surface area contributed by atoms with Gasteiger partial charge in [-0.25, -0.2) is 12.7 Å². The van der Waals surface area contributed by atoms with Crippen molar-refractivity contribution in [3.05, 3.63) is 35.4 Å². The molecule has 2 aliphatic heterocycles. The zero-order chi connectivity index (χ0) is 17.5. The van der Waals surface area contributed by atoms with Crippen molar-refractivity contribution in [3.8, 4) is 0 Å². The second kappa shape index (κ2) is 6.67. The number of nitrogens with zero attached hydrogens (tertiary/aromatic N) is 2. The molecule has 2 saturated heterocycles. The van der Waals surface area contributed by atoms with E-state index in [1.165, 1.54) is 49.9 Å². The summed E-state index contributed by atoms with van der Waals surface area (Å²) < 4.78 is 26.1. The van der Waals surface area contributed by atoms with Gasteiger partial charge in [0.2, 0.25) is 10.0 Å². The summed E-state index contributed by atoms with van der Waals surface area (Å²) in [5, 5.41) is 0. The van der Waals surface area contributed by atoms with Crippen LogP contribution in [0.1, 0.15) is 62.6 Å². The minimum atomic E-state index is -3.05. The average Bonchev–Trinajstić information content (AvgIpc) is 3.17. The Bertz CT molecular complexity index is 717. The van der Waals surface area contributed by atoms with Gasteiger partial charge in [0.05, 0.1) is 5.75 Å². The highest BCUT2D eigenvalue weighted by Gasteiger charge is 2.44. The van der Waals surface area contributed by atoms with Gasteiger partial charge in [-0.1, -0.05) is 24.3 Å². The van der Waals surface area contributed by atoms with E-state index >= 15 is 0 Å². The zero-order valence-electron chi connectivity index (χ0n) is 15.3. The number of hydrogen-bond acceptors (Lipinski definition) is 3. The first-order valence-corrected chi connectivity index (χ1v) is 11.5. The second-order valence-electron chi connectivity index (χ2n) is 7.96. The molecule has 138 valence electrons. The first-order chi connectivity index (χ1) is 12.1. The van der Waals surface area contributed by atoms with Crippen molar-refractivity contribution in [2.75, 3.05) is 31.9 Å². The third-order valence-electron chi connectivity index (χ3n) is 6.81. The lowest BCUT2D eigenvalue weighted by Crippen LogP contribution is -2.48. The van der Waals surface area contributed by atoms with Crippen LogP contribution in [0.2, 0.25) is 0 Å². The molecule has 4 rings (SSSR count). The largest absolute Gasteiger partial charge is 0.296 e. The van der Waals surface area contributed by atoms with Crippen molar-refractivity contribution in [2.24, 2.45) is 0 Å². The number of hydrogen-bond donors (Lipinski definition) is 0. The predicted octanol–water partition coefficient (Wildman–Crippen LogP) is 3.30. The number of piperidine rings is 1. The summed E-state index contributed by atoms with van der Waals surface area (Å²) >= 11 is 0. The fourth-order valence-corrected chi connectivity index (χ4v) is 6.40. The Labute approximate surface area is 152 Å². The molecule has 5 heteroatoms. The molecule has 0 amide bonds. The molecule has 1 aromatic carbocycles. The van der Waals surface area contributed by atoms with Crippen LogP contribution < -0.4 is 0 Å². The van der Waals surface area contributed by atoms with Crippen molar-refractivity contribution in [1.29, 1.82) is 0 Å². The first-order valence-electron chi connectivity index (χ1n) is 9.87. The molecule has 4 nitrogen and oxygen atoms in total. The van der Waals surface area contributed by atoms with Crippen LogP contribution in [-0.4, -0.2) is 49.6 Å². The average molecular weight is 363 g/mol. The molecule has 0 radical (unpaired) electrons. The topological polar surface area (TPSA) is 40.6 Å². The molecule has 2 heterocycles. The number of likely N-dealkylation sites (tertiary alicyclic amines) is 1. The van der Waals surface area contributed by atoms with Gasteiger partial charge >= 0.3 is 0 Å². The summed E-state index contributed by atoms with van der Waals surface area (Å²) in [6.45, 7) is 5.57. The molecule has 25 heavy (non-hydrogen) atoms. The molecule has 1 atom stereocenters. The van der Waals surface area contributed by atoms with E-state index in [-0.39, 0.29) is 11.2 Å². The summed E-state index contributed by atoms with van der Waals surface area (Å²) in [6.07, 6.45) is 7.01. The fourth-order valence-electron chi connectivity index (χ4n) is 5.30. The van der Waals surface area contributed by atoms with Crippen LogP contribution in [0, 0.1) is 0 Å². The summed E-state index contributed by atoms with van der Waals surface area (Å²) in [7, 11) is -3.05. The highest BCUT2D eigenvalue weighted by Crippen LogP contribution is 2.50. The van der Waals surface area contributed by atoms with Gasteiger partial charge in [-0.2, -0.15) is 0 Å². The maximum Gasteiger partial charge on any atom is 0.213 e. The van der Waals surface area contributed by atoms with Crippen LogP contribution in [0.5, 0.6) is 0 Å². The molecule has 0 saturated carbocycles. The Hall–Kier alpha value is -0.910. The third-order valence-corrected chi connectivity index (χ3v) is 8.69. The van der Waals surface area contributed by atoms with Crippen molar-refractivity contribution in [2.45, 2.75) is 56.9 Å². The number of rotatable bonds is 3. The molecule has 1 aromatic rings. The minimum Gasteiger partial charge on any atom is -0.296 e. The van der Waals surface area contributed by atoms with E-state index in [4.69, 9.17) is 0 Å². The van der Waals surface area contributed by atoms with Crippen molar-refractivity contribution in [3.63, 3.8) is 0 Å². The van der Waals surface area contributed by atoms with Gasteiger partial charge in [-0.3, -0.25) is 4.90 Å². The molecule has 2 fully saturated rings. The fraction of sp³-hybridized carbons (Fsp3) is 0.700. The number of fused-ring (bicyclic) bond motifs is 2. The lowest BCUT2D eigenvalue weighted by molar-refractivity contribution is 0.153. The quantitative estimate of drug-likeness (QED) is 0.828. The van der Waals surface area contributed by atoms with E-state index < -0.39 is 10.0 Å². The Morgan fingerprint density at radius 2 is 1.72 bits per heavy atom. The zero-order valence-corrected chi connectivity index (χ0v) is 16.1. The Balaban J connectivity index is 1.60. The Morgan fingerprint density at radius 1 is 1.04 bits per heavy atom. The number of benzene rings is 1. The summed E-state index contributed by atoms with van der Waals surface area (Å²) in [6, 6.07) is 9.57. The predicted molar refractivity (Wildman–Crippen MR) is 101 cm³/mol. The SMILES string of the molecule is CCS(=O)(=O)N1CCC2(CC[C@H](N3CCCC3)c3ccccc32)CC1. The smallest absolute Gasteiger partial charge is 0.213 e. The molecule has 0 aromatic heterocycles. The first kappa shape index (κ1) is 17.5. The summed E-state index contributed by atoms with van der Waals surface area (Å²) in [5.74, 6) is 0.216. The van der Waals surface area contributed by atoms with Gasteiger partial charge < -0.3 is 0 Å². The van der Waals surface area contributed by atoms with Crippen LogP contribution in [-0.2, 0) is 15.4 Å². The lowest BCUT2D eigenvalue weighted by atomic mass is 9.63. The van der Waals surface area contributed by atoms with Gasteiger partial charge in [0.1, 0.15) is 0 Å². The molecular weight excluding hydrogens is 332 g/mol. The highest BCUT2D eigenvalue weighted by molar-refractivity contribution is 7.89. The number of sulfonamides is 1. The van der Waals surface area contributed by atoms with Crippen LogP contribution in [0.3, 0.4) is 0 Å².